The lowest BCUT2D eigenvalue weighted by Crippen LogP contribution is -2.47. The first-order valence-electron chi connectivity index (χ1n) is 7.00. The summed E-state index contributed by atoms with van der Waals surface area (Å²) in [6.45, 7) is 10.6. The molecule has 19 heavy (non-hydrogen) atoms. The van der Waals surface area contributed by atoms with Crippen LogP contribution >= 0.6 is 11.6 Å². The molecule has 0 spiro atoms. The largest absolute Gasteiger partial charge is 0.488 e. The van der Waals surface area contributed by atoms with Gasteiger partial charge in [0.25, 0.3) is 0 Å². The number of nitrogens with two attached hydrogens (primary N) is 1. The third kappa shape index (κ3) is 4.39. The van der Waals surface area contributed by atoms with Crippen LogP contribution in [0.3, 0.4) is 0 Å². The Kier molecular flexibility index (Phi) is 5.69. The highest BCUT2D eigenvalue weighted by molar-refractivity contribution is 6.31. The van der Waals surface area contributed by atoms with Crippen molar-refractivity contribution in [2.24, 2.45) is 11.1 Å². The van der Waals surface area contributed by atoms with E-state index in [9.17, 15) is 0 Å². The summed E-state index contributed by atoms with van der Waals surface area (Å²) in [5.41, 5.74) is 7.31. The van der Waals surface area contributed by atoms with Crippen molar-refractivity contribution in [1.29, 1.82) is 0 Å². The van der Waals surface area contributed by atoms with E-state index in [4.69, 9.17) is 22.1 Å². The van der Waals surface area contributed by atoms with Crippen molar-refractivity contribution in [3.05, 3.63) is 28.8 Å². The number of hydrogen-bond donors (Lipinski definition) is 1. The van der Waals surface area contributed by atoms with Gasteiger partial charge in [-0.2, -0.15) is 0 Å². The van der Waals surface area contributed by atoms with Crippen LogP contribution in [0.4, 0.5) is 0 Å². The molecule has 1 rings (SSSR count). The van der Waals surface area contributed by atoms with Gasteiger partial charge in [-0.15, -0.1) is 0 Å². The van der Waals surface area contributed by atoms with Crippen LogP contribution in [-0.2, 0) is 6.42 Å². The Labute approximate surface area is 122 Å². The molecule has 0 aliphatic heterocycles. The Balaban J connectivity index is 2.97. The van der Waals surface area contributed by atoms with E-state index >= 15 is 0 Å². The molecule has 0 fully saturated rings. The summed E-state index contributed by atoms with van der Waals surface area (Å²) in [5, 5.41) is 0.793. The molecule has 2 atom stereocenters. The van der Waals surface area contributed by atoms with Crippen molar-refractivity contribution in [1.82, 2.24) is 0 Å². The summed E-state index contributed by atoms with van der Waals surface area (Å²) >= 11 is 6.13. The molecule has 0 aliphatic carbocycles. The molecule has 0 amide bonds. The zero-order chi connectivity index (χ0) is 14.6. The zero-order valence-electron chi connectivity index (χ0n) is 12.7. The number of rotatable bonds is 5. The fourth-order valence-electron chi connectivity index (χ4n) is 2.16. The van der Waals surface area contributed by atoms with Crippen molar-refractivity contribution in [3.8, 4) is 5.75 Å². The summed E-state index contributed by atoms with van der Waals surface area (Å²) in [6.07, 6.45) is 1.79. The molecule has 108 valence electrons. The minimum absolute atomic E-state index is 0.00143. The lowest BCUT2D eigenvalue weighted by Gasteiger charge is -2.35. The topological polar surface area (TPSA) is 35.2 Å². The molecular formula is C16H26ClNO. The summed E-state index contributed by atoms with van der Waals surface area (Å²) in [4.78, 5) is 0. The second kappa shape index (κ2) is 6.62. The minimum atomic E-state index is -0.0108. The average Bonchev–Trinajstić information content (AvgIpc) is 2.35. The molecule has 1 aromatic carbocycles. The first-order valence-corrected chi connectivity index (χ1v) is 7.38. The van der Waals surface area contributed by atoms with Gasteiger partial charge in [-0.1, -0.05) is 46.2 Å². The molecule has 0 aromatic heterocycles. The Morgan fingerprint density at radius 3 is 2.37 bits per heavy atom. The standard InChI is InChI=1S/C16H26ClNO/c1-6-11-10-12(8-9-13(11)17)19-15(14(18)7-2)16(3,4)5/h8-10,14-15H,6-7,18H2,1-5H3. The number of halogens is 1. The monoisotopic (exact) mass is 283 g/mol. The normalized spacial score (nSPS) is 15.1. The summed E-state index contributed by atoms with van der Waals surface area (Å²) < 4.78 is 6.15. The van der Waals surface area contributed by atoms with E-state index in [1.165, 1.54) is 0 Å². The molecule has 0 aliphatic rings. The van der Waals surface area contributed by atoms with E-state index in [0.29, 0.717) is 0 Å². The van der Waals surface area contributed by atoms with Gasteiger partial charge in [-0.05, 0) is 36.6 Å². The summed E-state index contributed by atoms with van der Waals surface area (Å²) in [7, 11) is 0. The average molecular weight is 284 g/mol. The molecule has 0 saturated carbocycles. The van der Waals surface area contributed by atoms with Gasteiger partial charge in [0.2, 0.25) is 0 Å². The predicted octanol–water partition coefficient (Wildman–Crippen LogP) is 4.43. The number of ether oxygens (including phenoxy) is 1. The Hall–Kier alpha value is -0.730. The third-order valence-corrected chi connectivity index (χ3v) is 3.74. The van der Waals surface area contributed by atoms with Crippen molar-refractivity contribution < 1.29 is 4.74 Å². The van der Waals surface area contributed by atoms with Crippen LogP contribution in [0, 0.1) is 5.41 Å². The van der Waals surface area contributed by atoms with Crippen LogP contribution in [-0.4, -0.2) is 12.1 Å². The van der Waals surface area contributed by atoms with E-state index in [1.54, 1.807) is 0 Å². The lowest BCUT2D eigenvalue weighted by molar-refractivity contribution is 0.0621. The van der Waals surface area contributed by atoms with E-state index in [-0.39, 0.29) is 17.6 Å². The molecule has 0 heterocycles. The number of hydrogen-bond acceptors (Lipinski definition) is 2. The maximum atomic E-state index is 6.20. The van der Waals surface area contributed by atoms with Crippen LogP contribution in [0.15, 0.2) is 18.2 Å². The second-order valence-corrected chi connectivity index (χ2v) is 6.49. The van der Waals surface area contributed by atoms with Crippen molar-refractivity contribution in [3.63, 3.8) is 0 Å². The predicted molar refractivity (Wildman–Crippen MR) is 83.0 cm³/mol. The van der Waals surface area contributed by atoms with E-state index in [1.807, 2.05) is 18.2 Å². The fraction of sp³-hybridized carbons (Fsp3) is 0.625. The molecular weight excluding hydrogens is 258 g/mol. The Morgan fingerprint density at radius 1 is 1.26 bits per heavy atom. The zero-order valence-corrected chi connectivity index (χ0v) is 13.4. The first-order chi connectivity index (χ1) is 8.79. The molecule has 3 heteroatoms. The molecule has 2 N–H and O–H groups in total. The number of aryl methyl sites for hydroxylation is 1. The highest BCUT2D eigenvalue weighted by Crippen LogP contribution is 2.29. The van der Waals surface area contributed by atoms with E-state index in [0.717, 1.165) is 29.2 Å². The lowest BCUT2D eigenvalue weighted by atomic mass is 9.84. The third-order valence-electron chi connectivity index (χ3n) is 3.37. The van der Waals surface area contributed by atoms with Gasteiger partial charge in [0.05, 0.1) is 0 Å². The van der Waals surface area contributed by atoms with Gasteiger partial charge in [0.15, 0.2) is 0 Å². The second-order valence-electron chi connectivity index (χ2n) is 6.08. The minimum Gasteiger partial charge on any atom is -0.488 e. The smallest absolute Gasteiger partial charge is 0.120 e. The fourth-order valence-corrected chi connectivity index (χ4v) is 2.41. The van der Waals surface area contributed by atoms with Crippen molar-refractivity contribution in [2.45, 2.75) is 59.6 Å². The molecule has 0 radical (unpaired) electrons. The molecule has 1 aromatic rings. The highest BCUT2D eigenvalue weighted by Gasteiger charge is 2.31. The van der Waals surface area contributed by atoms with Crippen LogP contribution < -0.4 is 10.5 Å². The van der Waals surface area contributed by atoms with Crippen LogP contribution in [0.1, 0.15) is 46.6 Å². The highest BCUT2D eigenvalue weighted by atomic mass is 35.5. The maximum absolute atomic E-state index is 6.20. The van der Waals surface area contributed by atoms with Crippen LogP contribution in [0.25, 0.3) is 0 Å². The van der Waals surface area contributed by atoms with E-state index < -0.39 is 0 Å². The van der Waals surface area contributed by atoms with Gasteiger partial charge in [0, 0.05) is 16.5 Å². The SMILES string of the molecule is CCc1cc(OC(C(N)CC)C(C)(C)C)ccc1Cl. The molecule has 0 bridgehead atoms. The van der Waals surface area contributed by atoms with E-state index in [2.05, 4.69) is 34.6 Å². The van der Waals surface area contributed by atoms with Crippen LogP contribution in [0.2, 0.25) is 5.02 Å². The summed E-state index contributed by atoms with van der Waals surface area (Å²) in [6, 6.07) is 5.86. The molecule has 0 saturated heterocycles. The van der Waals surface area contributed by atoms with Crippen molar-refractivity contribution >= 4 is 11.6 Å². The molecule has 2 unspecified atom stereocenters. The maximum Gasteiger partial charge on any atom is 0.120 e. The van der Waals surface area contributed by atoms with Gasteiger partial charge in [0.1, 0.15) is 11.9 Å². The van der Waals surface area contributed by atoms with Crippen LogP contribution in [0.5, 0.6) is 5.75 Å². The molecule has 2 nitrogen and oxygen atoms in total. The quantitative estimate of drug-likeness (QED) is 0.867. The van der Waals surface area contributed by atoms with Gasteiger partial charge >= 0.3 is 0 Å². The Bertz CT molecular complexity index is 412. The van der Waals surface area contributed by atoms with Gasteiger partial charge in [-0.3, -0.25) is 0 Å². The first kappa shape index (κ1) is 16.3. The summed E-state index contributed by atoms with van der Waals surface area (Å²) in [5.74, 6) is 0.852. The van der Waals surface area contributed by atoms with Gasteiger partial charge < -0.3 is 10.5 Å². The number of benzene rings is 1. The Morgan fingerprint density at radius 2 is 1.89 bits per heavy atom. The van der Waals surface area contributed by atoms with Gasteiger partial charge in [-0.25, -0.2) is 0 Å². The van der Waals surface area contributed by atoms with Crippen molar-refractivity contribution in [2.75, 3.05) is 0 Å².